The third-order valence-electron chi connectivity index (χ3n) is 1.80. The average Bonchev–Trinajstić information content (AvgIpc) is 2.26. The summed E-state index contributed by atoms with van der Waals surface area (Å²) in [5, 5.41) is 0. The quantitative estimate of drug-likeness (QED) is 0.595. The van der Waals surface area contributed by atoms with E-state index in [0.717, 1.165) is 6.07 Å². The molecule has 0 bridgehead atoms. The number of ether oxygens (including phenoxy) is 1. The minimum Gasteiger partial charge on any atom is -0.496 e. The van der Waals surface area contributed by atoms with Crippen LogP contribution in [-0.2, 0) is 5.88 Å². The SMILES string of the molecule is COc1cc(C=O)nc(CCl)c1C(F)F. The molecule has 0 N–H and O–H groups in total. The maximum Gasteiger partial charge on any atom is 0.269 e. The van der Waals surface area contributed by atoms with Crippen molar-refractivity contribution in [2.45, 2.75) is 12.3 Å². The zero-order chi connectivity index (χ0) is 11.4. The summed E-state index contributed by atoms with van der Waals surface area (Å²) in [5.74, 6) is -0.268. The lowest BCUT2D eigenvalue weighted by Crippen LogP contribution is -2.03. The zero-order valence-electron chi connectivity index (χ0n) is 7.84. The van der Waals surface area contributed by atoms with Crippen molar-refractivity contribution < 1.29 is 18.3 Å². The second kappa shape index (κ2) is 5.02. The van der Waals surface area contributed by atoms with Gasteiger partial charge in [0, 0.05) is 6.07 Å². The van der Waals surface area contributed by atoms with Gasteiger partial charge in [0.05, 0.1) is 24.2 Å². The predicted molar refractivity (Wildman–Crippen MR) is 50.7 cm³/mol. The Labute approximate surface area is 90.0 Å². The number of methoxy groups -OCH3 is 1. The maximum absolute atomic E-state index is 12.6. The van der Waals surface area contributed by atoms with Crippen molar-refractivity contribution >= 4 is 17.9 Å². The molecule has 6 heteroatoms. The van der Waals surface area contributed by atoms with E-state index in [4.69, 9.17) is 16.3 Å². The first-order chi connectivity index (χ1) is 7.13. The summed E-state index contributed by atoms with van der Waals surface area (Å²) in [5.41, 5.74) is -0.377. The highest BCUT2D eigenvalue weighted by Crippen LogP contribution is 2.32. The highest BCUT2D eigenvalue weighted by Gasteiger charge is 2.20. The zero-order valence-corrected chi connectivity index (χ0v) is 8.59. The molecule has 82 valence electrons. The second-order valence-corrected chi connectivity index (χ2v) is 2.93. The Morgan fingerprint density at radius 1 is 1.67 bits per heavy atom. The van der Waals surface area contributed by atoms with Gasteiger partial charge in [0.2, 0.25) is 0 Å². The smallest absolute Gasteiger partial charge is 0.269 e. The van der Waals surface area contributed by atoms with Crippen LogP contribution in [0.5, 0.6) is 5.75 Å². The molecule has 0 aliphatic heterocycles. The number of carbonyl (C=O) groups is 1. The molecule has 0 aliphatic rings. The summed E-state index contributed by atoms with van der Waals surface area (Å²) in [4.78, 5) is 14.2. The number of halogens is 3. The fourth-order valence-corrected chi connectivity index (χ4v) is 1.37. The largest absolute Gasteiger partial charge is 0.496 e. The first kappa shape index (κ1) is 11.8. The summed E-state index contributed by atoms with van der Waals surface area (Å²) in [6.45, 7) is 0. The highest BCUT2D eigenvalue weighted by atomic mass is 35.5. The Morgan fingerprint density at radius 2 is 2.33 bits per heavy atom. The molecule has 0 saturated heterocycles. The van der Waals surface area contributed by atoms with Gasteiger partial charge in [-0.1, -0.05) is 0 Å². The Kier molecular flexibility index (Phi) is 3.96. The van der Waals surface area contributed by atoms with E-state index in [-0.39, 0.29) is 28.6 Å². The fraction of sp³-hybridized carbons (Fsp3) is 0.333. The molecule has 0 aliphatic carbocycles. The number of hydrogen-bond donors (Lipinski definition) is 0. The summed E-state index contributed by atoms with van der Waals surface area (Å²) >= 11 is 5.47. The van der Waals surface area contributed by atoms with E-state index in [1.54, 1.807) is 0 Å². The van der Waals surface area contributed by atoms with Gasteiger partial charge in [0.15, 0.2) is 6.29 Å². The topological polar surface area (TPSA) is 39.2 Å². The lowest BCUT2D eigenvalue weighted by molar-refractivity contribution is 0.111. The Hall–Kier alpha value is -1.23. The molecule has 1 aromatic rings. The average molecular weight is 236 g/mol. The van der Waals surface area contributed by atoms with Gasteiger partial charge in [-0.25, -0.2) is 13.8 Å². The van der Waals surface area contributed by atoms with Crippen LogP contribution >= 0.6 is 11.6 Å². The standard InChI is InChI=1S/C9H8ClF2NO2/c1-15-7-2-5(4-14)13-6(3-10)8(7)9(11)12/h2,4,9H,3H2,1H3. The van der Waals surface area contributed by atoms with Crippen LogP contribution in [0.4, 0.5) is 8.78 Å². The van der Waals surface area contributed by atoms with E-state index in [1.165, 1.54) is 7.11 Å². The van der Waals surface area contributed by atoms with Gasteiger partial charge in [0.25, 0.3) is 6.43 Å². The normalized spacial score (nSPS) is 10.5. The van der Waals surface area contributed by atoms with Gasteiger partial charge in [0.1, 0.15) is 11.4 Å². The van der Waals surface area contributed by atoms with Crippen LogP contribution in [0.3, 0.4) is 0 Å². The van der Waals surface area contributed by atoms with Gasteiger partial charge in [-0.3, -0.25) is 4.79 Å². The predicted octanol–water partition coefficient (Wildman–Crippen LogP) is 2.58. The van der Waals surface area contributed by atoms with E-state index < -0.39 is 6.43 Å². The number of hydrogen-bond acceptors (Lipinski definition) is 3. The van der Waals surface area contributed by atoms with Crippen LogP contribution in [0.1, 0.15) is 28.2 Å². The van der Waals surface area contributed by atoms with Crippen molar-refractivity contribution in [2.24, 2.45) is 0 Å². The number of carbonyl (C=O) groups excluding carboxylic acids is 1. The Balaban J connectivity index is 3.39. The molecule has 0 saturated carbocycles. The summed E-state index contributed by atoms with van der Waals surface area (Å²) in [6.07, 6.45) is -2.28. The van der Waals surface area contributed by atoms with E-state index >= 15 is 0 Å². The molecule has 1 heterocycles. The fourth-order valence-electron chi connectivity index (χ4n) is 1.17. The molecule has 3 nitrogen and oxygen atoms in total. The second-order valence-electron chi connectivity index (χ2n) is 2.66. The third kappa shape index (κ3) is 2.41. The molecule has 15 heavy (non-hydrogen) atoms. The molecule has 0 radical (unpaired) electrons. The summed E-state index contributed by atoms with van der Waals surface area (Å²) in [6, 6.07) is 1.16. The monoisotopic (exact) mass is 235 g/mol. The molecule has 1 aromatic heterocycles. The van der Waals surface area contributed by atoms with Gasteiger partial charge in [-0.05, 0) is 0 Å². The van der Waals surface area contributed by atoms with Gasteiger partial charge in [-0.2, -0.15) is 0 Å². The van der Waals surface area contributed by atoms with Crippen molar-refractivity contribution in [2.75, 3.05) is 7.11 Å². The Morgan fingerprint density at radius 3 is 2.73 bits per heavy atom. The van der Waals surface area contributed by atoms with E-state index in [0.29, 0.717) is 6.29 Å². The lowest BCUT2D eigenvalue weighted by Gasteiger charge is -2.11. The molecule has 0 fully saturated rings. The van der Waals surface area contributed by atoms with Gasteiger partial charge in [-0.15, -0.1) is 11.6 Å². The molecule has 0 unspecified atom stereocenters. The van der Waals surface area contributed by atoms with Crippen molar-refractivity contribution in [3.63, 3.8) is 0 Å². The molecule has 0 atom stereocenters. The van der Waals surface area contributed by atoms with Crippen molar-refractivity contribution in [3.8, 4) is 5.75 Å². The first-order valence-corrected chi connectivity index (χ1v) is 4.54. The van der Waals surface area contributed by atoms with Crippen molar-refractivity contribution in [1.29, 1.82) is 0 Å². The van der Waals surface area contributed by atoms with Crippen LogP contribution in [0.25, 0.3) is 0 Å². The van der Waals surface area contributed by atoms with Crippen LogP contribution in [0.15, 0.2) is 6.07 Å². The summed E-state index contributed by atoms with van der Waals surface area (Å²) < 4.78 is 30.0. The molecule has 0 spiro atoms. The number of pyridine rings is 1. The van der Waals surface area contributed by atoms with Crippen molar-refractivity contribution in [3.05, 3.63) is 23.0 Å². The van der Waals surface area contributed by atoms with E-state index in [1.807, 2.05) is 0 Å². The molecular formula is C9H8ClF2NO2. The molecule has 0 aromatic carbocycles. The third-order valence-corrected chi connectivity index (χ3v) is 2.06. The minimum absolute atomic E-state index is 0.0203. The number of aldehydes is 1. The summed E-state index contributed by atoms with van der Waals surface area (Å²) in [7, 11) is 1.24. The number of aromatic nitrogens is 1. The minimum atomic E-state index is -2.73. The Bertz CT molecular complexity index is 346. The van der Waals surface area contributed by atoms with E-state index in [2.05, 4.69) is 4.98 Å². The van der Waals surface area contributed by atoms with E-state index in [9.17, 15) is 13.6 Å². The first-order valence-electron chi connectivity index (χ1n) is 4.01. The van der Waals surface area contributed by atoms with Crippen molar-refractivity contribution in [1.82, 2.24) is 4.98 Å². The number of alkyl halides is 3. The van der Waals surface area contributed by atoms with Crippen LogP contribution in [0, 0.1) is 0 Å². The molecule has 1 rings (SSSR count). The number of rotatable bonds is 4. The van der Waals surface area contributed by atoms with Crippen LogP contribution in [-0.4, -0.2) is 18.4 Å². The number of nitrogens with zero attached hydrogens (tertiary/aromatic N) is 1. The van der Waals surface area contributed by atoms with Crippen LogP contribution < -0.4 is 4.74 Å². The van der Waals surface area contributed by atoms with Gasteiger partial charge >= 0.3 is 0 Å². The highest BCUT2D eigenvalue weighted by molar-refractivity contribution is 6.17. The molecule has 0 amide bonds. The molecular weight excluding hydrogens is 228 g/mol. The van der Waals surface area contributed by atoms with Crippen LogP contribution in [0.2, 0.25) is 0 Å². The van der Waals surface area contributed by atoms with Gasteiger partial charge < -0.3 is 4.74 Å². The lowest BCUT2D eigenvalue weighted by atomic mass is 10.1. The maximum atomic E-state index is 12.6.